The summed E-state index contributed by atoms with van der Waals surface area (Å²) >= 11 is 0. The van der Waals surface area contributed by atoms with Crippen molar-refractivity contribution in [2.24, 2.45) is 11.3 Å². The van der Waals surface area contributed by atoms with Crippen molar-refractivity contribution in [3.8, 4) is 0 Å². The number of ketones is 1. The van der Waals surface area contributed by atoms with Crippen LogP contribution in [0.1, 0.15) is 47.0 Å². The number of fused-ring (bicyclic) bond motifs is 2. The van der Waals surface area contributed by atoms with Gasteiger partial charge in [0, 0.05) is 24.4 Å². The van der Waals surface area contributed by atoms with Gasteiger partial charge in [-0.2, -0.15) is 0 Å². The monoisotopic (exact) mass is 253 g/mol. The van der Waals surface area contributed by atoms with Crippen LogP contribution in [0.15, 0.2) is 0 Å². The molecule has 1 amide bonds. The van der Waals surface area contributed by atoms with Crippen molar-refractivity contribution in [2.75, 3.05) is 13.1 Å². The summed E-state index contributed by atoms with van der Waals surface area (Å²) in [6, 6.07) is 0. The van der Waals surface area contributed by atoms with Gasteiger partial charge < -0.3 is 9.64 Å². The van der Waals surface area contributed by atoms with Crippen LogP contribution < -0.4 is 0 Å². The first kappa shape index (κ1) is 13.4. The fourth-order valence-corrected chi connectivity index (χ4v) is 3.03. The van der Waals surface area contributed by atoms with Gasteiger partial charge in [0.25, 0.3) is 0 Å². The van der Waals surface area contributed by atoms with Gasteiger partial charge in [-0.25, -0.2) is 4.79 Å². The maximum Gasteiger partial charge on any atom is 0.410 e. The second-order valence-corrected chi connectivity index (χ2v) is 6.87. The Labute approximate surface area is 109 Å². The predicted molar refractivity (Wildman–Crippen MR) is 68.3 cm³/mol. The number of rotatable bonds is 0. The Morgan fingerprint density at radius 3 is 2.67 bits per heavy atom. The van der Waals surface area contributed by atoms with Gasteiger partial charge in [0.2, 0.25) is 0 Å². The number of carbonyl (C=O) groups is 2. The zero-order valence-corrected chi connectivity index (χ0v) is 11.8. The van der Waals surface area contributed by atoms with Crippen LogP contribution >= 0.6 is 0 Å². The maximum atomic E-state index is 12.2. The Morgan fingerprint density at radius 2 is 2.11 bits per heavy atom. The molecular weight excluding hydrogens is 230 g/mol. The van der Waals surface area contributed by atoms with Crippen LogP contribution in [-0.4, -0.2) is 35.5 Å². The first-order valence-electron chi connectivity index (χ1n) is 6.73. The number of likely N-dealkylation sites (tertiary alicyclic amines) is 1. The molecule has 0 spiro atoms. The molecule has 0 aromatic rings. The number of carbonyl (C=O) groups excluding carboxylic acids is 2. The van der Waals surface area contributed by atoms with Crippen molar-refractivity contribution in [2.45, 2.75) is 52.6 Å². The van der Waals surface area contributed by atoms with E-state index in [0.717, 1.165) is 19.3 Å². The molecule has 2 atom stereocenters. The predicted octanol–water partition coefficient (Wildman–Crippen LogP) is 2.61. The smallest absolute Gasteiger partial charge is 0.410 e. The second kappa shape index (κ2) is 4.25. The van der Waals surface area contributed by atoms with Gasteiger partial charge in [-0.1, -0.05) is 13.3 Å². The fraction of sp³-hybridized carbons (Fsp3) is 0.857. The average Bonchev–Trinajstić information content (AvgIpc) is 2.18. The van der Waals surface area contributed by atoms with E-state index in [-0.39, 0.29) is 17.4 Å². The van der Waals surface area contributed by atoms with Crippen LogP contribution in [0.4, 0.5) is 4.79 Å². The standard InChI is InChI=1S/C14H23NO3/c1-13(2,3)18-12(17)15-8-10-6-5-7-14(4,9-15)11(10)16/h10H,5-9H2,1-4H3/t10-,14+/m1/s1. The van der Waals surface area contributed by atoms with Crippen LogP contribution in [-0.2, 0) is 9.53 Å². The summed E-state index contributed by atoms with van der Waals surface area (Å²) in [5, 5.41) is 0. The third-order valence-electron chi connectivity index (χ3n) is 3.88. The molecule has 1 heterocycles. The molecule has 0 aromatic heterocycles. The number of ether oxygens (including phenoxy) is 1. The molecule has 1 saturated heterocycles. The summed E-state index contributed by atoms with van der Waals surface area (Å²) in [5.74, 6) is 0.360. The van der Waals surface area contributed by atoms with Crippen molar-refractivity contribution < 1.29 is 14.3 Å². The largest absolute Gasteiger partial charge is 0.444 e. The number of piperidine rings is 1. The van der Waals surface area contributed by atoms with Crippen LogP contribution in [0, 0.1) is 11.3 Å². The van der Waals surface area contributed by atoms with Gasteiger partial charge in [-0.15, -0.1) is 0 Å². The molecule has 2 fully saturated rings. The molecule has 0 N–H and O–H groups in total. The summed E-state index contributed by atoms with van der Waals surface area (Å²) in [6.07, 6.45) is 2.61. The van der Waals surface area contributed by atoms with Gasteiger partial charge in [0.1, 0.15) is 11.4 Å². The quantitative estimate of drug-likeness (QED) is 0.666. The Morgan fingerprint density at radius 1 is 1.44 bits per heavy atom. The molecular formula is C14H23NO3. The van der Waals surface area contributed by atoms with E-state index in [1.165, 1.54) is 0 Å². The lowest BCUT2D eigenvalue weighted by molar-refractivity contribution is -0.142. The van der Waals surface area contributed by atoms with E-state index in [1.807, 2.05) is 27.7 Å². The highest BCUT2D eigenvalue weighted by Crippen LogP contribution is 2.40. The first-order chi connectivity index (χ1) is 8.21. The summed E-state index contributed by atoms with van der Waals surface area (Å²) in [4.78, 5) is 26.0. The van der Waals surface area contributed by atoms with E-state index in [4.69, 9.17) is 4.74 Å². The molecule has 0 radical (unpaired) electrons. The summed E-state index contributed by atoms with van der Waals surface area (Å²) in [6.45, 7) is 8.62. The van der Waals surface area contributed by atoms with Crippen molar-refractivity contribution in [1.82, 2.24) is 4.90 Å². The number of nitrogens with zero attached hydrogens (tertiary/aromatic N) is 1. The Kier molecular flexibility index (Phi) is 3.16. The molecule has 2 bridgehead atoms. The minimum Gasteiger partial charge on any atom is -0.444 e. The normalized spacial score (nSPS) is 32.3. The minimum absolute atomic E-state index is 0.0185. The van der Waals surface area contributed by atoms with Gasteiger partial charge in [-0.05, 0) is 33.6 Å². The van der Waals surface area contributed by atoms with Gasteiger partial charge in [0.15, 0.2) is 0 Å². The topological polar surface area (TPSA) is 46.6 Å². The fourth-order valence-electron chi connectivity index (χ4n) is 3.03. The second-order valence-electron chi connectivity index (χ2n) is 6.87. The van der Waals surface area contributed by atoms with Gasteiger partial charge in [-0.3, -0.25) is 4.79 Å². The summed E-state index contributed by atoms with van der Waals surface area (Å²) in [5.41, 5.74) is -0.827. The molecule has 0 unspecified atom stereocenters. The molecule has 2 rings (SSSR count). The molecule has 1 saturated carbocycles. The zero-order chi connectivity index (χ0) is 13.6. The summed E-state index contributed by atoms with van der Waals surface area (Å²) in [7, 11) is 0. The third-order valence-corrected chi connectivity index (χ3v) is 3.88. The molecule has 2 aliphatic rings. The molecule has 0 aromatic carbocycles. The van der Waals surface area contributed by atoms with E-state index in [2.05, 4.69) is 0 Å². The molecule has 4 nitrogen and oxygen atoms in total. The van der Waals surface area contributed by atoms with Crippen molar-refractivity contribution in [3.05, 3.63) is 0 Å². The van der Waals surface area contributed by atoms with Crippen LogP contribution in [0.25, 0.3) is 0 Å². The maximum absolute atomic E-state index is 12.2. The number of hydrogen-bond donors (Lipinski definition) is 0. The Balaban J connectivity index is 2.09. The van der Waals surface area contributed by atoms with E-state index >= 15 is 0 Å². The van der Waals surface area contributed by atoms with Gasteiger partial charge >= 0.3 is 6.09 Å². The van der Waals surface area contributed by atoms with Crippen molar-refractivity contribution in [3.63, 3.8) is 0 Å². The highest BCUT2D eigenvalue weighted by Gasteiger charge is 2.48. The van der Waals surface area contributed by atoms with Crippen molar-refractivity contribution in [1.29, 1.82) is 0 Å². The number of amides is 1. The number of hydrogen-bond acceptors (Lipinski definition) is 3. The zero-order valence-electron chi connectivity index (χ0n) is 11.8. The van der Waals surface area contributed by atoms with Crippen LogP contribution in [0.5, 0.6) is 0 Å². The summed E-state index contributed by atoms with van der Waals surface area (Å²) < 4.78 is 5.40. The molecule has 102 valence electrons. The highest BCUT2D eigenvalue weighted by molar-refractivity contribution is 5.90. The minimum atomic E-state index is -0.478. The third kappa shape index (κ3) is 2.52. The Hall–Kier alpha value is -1.06. The Bertz CT molecular complexity index is 372. The van der Waals surface area contributed by atoms with Gasteiger partial charge in [0.05, 0.1) is 0 Å². The van der Waals surface area contributed by atoms with Crippen LogP contribution in [0.2, 0.25) is 0 Å². The lowest BCUT2D eigenvalue weighted by Gasteiger charge is -2.46. The SMILES string of the molecule is CC(C)(C)OC(=O)N1C[C@H]2CCC[C@@](C)(C1)C2=O. The average molecular weight is 253 g/mol. The van der Waals surface area contributed by atoms with E-state index < -0.39 is 5.60 Å². The van der Waals surface area contributed by atoms with Crippen molar-refractivity contribution >= 4 is 11.9 Å². The van der Waals surface area contributed by atoms with E-state index in [1.54, 1.807) is 4.90 Å². The molecule has 1 aliphatic carbocycles. The van der Waals surface area contributed by atoms with E-state index in [0.29, 0.717) is 18.9 Å². The number of Topliss-reactive ketones (excluding diaryl/α,β-unsaturated/α-hetero) is 1. The molecule has 18 heavy (non-hydrogen) atoms. The molecule has 1 aliphatic heterocycles. The highest BCUT2D eigenvalue weighted by atomic mass is 16.6. The lowest BCUT2D eigenvalue weighted by Crippen LogP contribution is -2.57. The first-order valence-corrected chi connectivity index (χ1v) is 6.73. The van der Waals surface area contributed by atoms with E-state index in [9.17, 15) is 9.59 Å². The van der Waals surface area contributed by atoms with Crippen LogP contribution in [0.3, 0.4) is 0 Å². The lowest BCUT2D eigenvalue weighted by atomic mass is 9.67. The molecule has 4 heteroatoms.